The monoisotopic (exact) mass is 351 g/mol. The van der Waals surface area contributed by atoms with E-state index in [1.165, 1.54) is 32.4 Å². The predicted octanol–water partition coefficient (Wildman–Crippen LogP) is 2.89. The van der Waals surface area contributed by atoms with Crippen LogP contribution in [0, 0.1) is 6.58 Å². The quantitative estimate of drug-likeness (QED) is 0.434. The molecule has 0 bridgehead atoms. The third-order valence-corrected chi connectivity index (χ3v) is 1.37. The molecule has 0 aromatic rings. The third kappa shape index (κ3) is 11.7. The fraction of sp³-hybridized carbons (Fsp3) is 0.455. The van der Waals surface area contributed by atoms with Gasteiger partial charge in [0.25, 0.3) is 0 Å². The Labute approximate surface area is 93.3 Å². The van der Waals surface area contributed by atoms with Crippen molar-refractivity contribution in [2.45, 2.75) is 35.1 Å². The molecular weight excluding hydrogens is 332 g/mol. The van der Waals surface area contributed by atoms with Gasteiger partial charge in [-0.25, -0.2) is 0 Å². The summed E-state index contributed by atoms with van der Waals surface area (Å²) in [5.74, 6) is 0.0168. The molecule has 13 heavy (non-hydrogen) atoms. The van der Waals surface area contributed by atoms with Crippen LogP contribution in [-0.2, 0) is 24.1 Å². The normalized spacial score (nSPS) is 8.77. The topological polar surface area (TPSA) is 17.1 Å². The van der Waals surface area contributed by atoms with Gasteiger partial charge in [0.05, 0.1) is 0 Å². The molecule has 0 aliphatic rings. The van der Waals surface area contributed by atoms with E-state index in [1.54, 1.807) is 6.08 Å². The van der Waals surface area contributed by atoms with Crippen molar-refractivity contribution in [1.29, 1.82) is 0 Å². The predicted molar refractivity (Wildman–Crippen MR) is 56.4 cm³/mol. The first kappa shape index (κ1) is 18.5. The van der Waals surface area contributed by atoms with Gasteiger partial charge in [-0.15, -0.1) is 0 Å². The van der Waals surface area contributed by atoms with E-state index in [4.69, 9.17) is 6.58 Å². The van der Waals surface area contributed by atoms with Crippen LogP contribution in [0.3, 0.4) is 0 Å². The Bertz CT molecular complexity index is 202. The number of rotatable bonds is 3. The minimum atomic E-state index is 0. The van der Waals surface area contributed by atoms with Crippen LogP contribution in [-0.4, -0.2) is 9.68 Å². The summed E-state index contributed by atoms with van der Waals surface area (Å²) >= 11 is 1.36. The Kier molecular flexibility index (Phi) is 16.6. The number of hydrogen-bond acceptors (Lipinski definition) is 1. The summed E-state index contributed by atoms with van der Waals surface area (Å²) in [4.78, 5) is 10.7. The zero-order chi connectivity index (χ0) is 10.1. The molecule has 0 aromatic carbocycles. The Morgan fingerprint density at radius 1 is 1.31 bits per heavy atom. The number of Topliss-reactive ketones (excluding diaryl/α,β-unsaturated/α-hetero) is 1. The molecule has 0 saturated carbocycles. The number of carbonyl (C=O) groups excluding carboxylic acids is 1. The van der Waals surface area contributed by atoms with Crippen LogP contribution < -0.4 is 0 Å². The van der Waals surface area contributed by atoms with Crippen molar-refractivity contribution in [3.8, 4) is 0 Å². The maximum atomic E-state index is 10.7. The number of carbonyl (C=O) groups is 1. The summed E-state index contributed by atoms with van der Waals surface area (Å²) in [5, 5.41) is 0. The molecule has 0 aliphatic heterocycles. The van der Waals surface area contributed by atoms with E-state index < -0.39 is 0 Å². The van der Waals surface area contributed by atoms with Crippen LogP contribution in [0.1, 0.15) is 35.1 Å². The van der Waals surface area contributed by atoms with E-state index in [-0.39, 0.29) is 13.2 Å². The van der Waals surface area contributed by atoms with Crippen molar-refractivity contribution >= 4 is 9.68 Å². The van der Waals surface area contributed by atoms with Crippen molar-refractivity contribution in [1.82, 2.24) is 0 Å². The van der Waals surface area contributed by atoms with Gasteiger partial charge in [-0.3, -0.25) is 0 Å². The average Bonchev–Trinajstić information content (AvgIpc) is 2.03. The SMILES string of the molecule is C.CC.[CH-]=CC(=C[C](C)=[W])C(C)=O. The summed E-state index contributed by atoms with van der Waals surface area (Å²) in [5.41, 5.74) is 0.590. The van der Waals surface area contributed by atoms with Crippen LogP contribution in [0.15, 0.2) is 17.7 Å². The van der Waals surface area contributed by atoms with Crippen molar-refractivity contribution in [3.63, 3.8) is 0 Å². The van der Waals surface area contributed by atoms with Crippen molar-refractivity contribution in [3.05, 3.63) is 24.3 Å². The molecule has 0 saturated heterocycles. The molecule has 0 N–H and O–H groups in total. The second kappa shape index (κ2) is 11.7. The molecule has 0 atom stereocenters. The van der Waals surface area contributed by atoms with Crippen LogP contribution in [0.5, 0.6) is 0 Å². The fourth-order valence-electron chi connectivity index (χ4n) is 0.486. The van der Waals surface area contributed by atoms with Crippen LogP contribution >= 0.6 is 0 Å². The van der Waals surface area contributed by atoms with Crippen molar-refractivity contribution < 1.29 is 24.1 Å². The number of ketones is 1. The second-order valence-electron chi connectivity index (χ2n) is 1.93. The van der Waals surface area contributed by atoms with E-state index >= 15 is 0 Å². The first-order valence-corrected chi connectivity index (χ1v) is 5.32. The molecule has 1 nitrogen and oxygen atoms in total. The molecule has 0 radical (unpaired) electrons. The number of hydrogen-bond donors (Lipinski definition) is 0. The van der Waals surface area contributed by atoms with Crippen LogP contribution in [0.4, 0.5) is 0 Å². The summed E-state index contributed by atoms with van der Waals surface area (Å²) < 4.78 is 1.16. The van der Waals surface area contributed by atoms with Gasteiger partial charge in [0, 0.05) is 0 Å². The molecule has 2 heteroatoms. The summed E-state index contributed by atoms with van der Waals surface area (Å²) in [6.45, 7) is 12.7. The summed E-state index contributed by atoms with van der Waals surface area (Å²) in [6.07, 6.45) is 3.15. The Morgan fingerprint density at radius 2 is 1.69 bits per heavy atom. The average molecular weight is 351 g/mol. The summed E-state index contributed by atoms with van der Waals surface area (Å²) in [7, 11) is 0. The summed E-state index contributed by atoms with van der Waals surface area (Å²) in [6, 6.07) is 0. The fourth-order valence-corrected chi connectivity index (χ4v) is 0.942. The van der Waals surface area contributed by atoms with E-state index in [0.717, 1.165) is 3.90 Å². The first-order valence-electron chi connectivity index (χ1n) is 3.86. The van der Waals surface area contributed by atoms with Gasteiger partial charge in [-0.05, 0) is 0 Å². The van der Waals surface area contributed by atoms with E-state index in [0.29, 0.717) is 5.57 Å². The van der Waals surface area contributed by atoms with Gasteiger partial charge < -0.3 is 0 Å². The van der Waals surface area contributed by atoms with Crippen molar-refractivity contribution in [2.24, 2.45) is 0 Å². The van der Waals surface area contributed by atoms with E-state index in [9.17, 15) is 4.79 Å². The molecule has 0 heterocycles. The molecule has 0 spiro atoms. The molecule has 0 unspecified atom stereocenters. The molecule has 76 valence electrons. The molecule has 0 rings (SSSR count). The molecule has 0 aliphatic carbocycles. The van der Waals surface area contributed by atoms with Gasteiger partial charge in [0.2, 0.25) is 0 Å². The van der Waals surface area contributed by atoms with Gasteiger partial charge in [-0.1, -0.05) is 21.3 Å². The zero-order valence-electron chi connectivity index (χ0n) is 8.05. The minimum absolute atomic E-state index is 0. The molecular formula is C11H19OW-. The van der Waals surface area contributed by atoms with E-state index in [2.05, 4.69) is 0 Å². The first-order chi connectivity index (χ1) is 5.57. The Morgan fingerprint density at radius 3 is 1.77 bits per heavy atom. The van der Waals surface area contributed by atoms with Gasteiger partial charge in [0.1, 0.15) is 0 Å². The van der Waals surface area contributed by atoms with Gasteiger partial charge in [-0.2, -0.15) is 0 Å². The van der Waals surface area contributed by atoms with Gasteiger partial charge >= 0.3 is 72.0 Å². The van der Waals surface area contributed by atoms with Crippen LogP contribution in [0.2, 0.25) is 0 Å². The molecule has 0 aromatic heterocycles. The van der Waals surface area contributed by atoms with E-state index in [1.807, 2.05) is 20.8 Å². The van der Waals surface area contributed by atoms with Gasteiger partial charge in [0.15, 0.2) is 0 Å². The Hall–Kier alpha value is -0.292. The van der Waals surface area contributed by atoms with Crippen LogP contribution in [0.25, 0.3) is 0 Å². The maximum absolute atomic E-state index is 10.7. The van der Waals surface area contributed by atoms with Crippen molar-refractivity contribution in [2.75, 3.05) is 0 Å². The zero-order valence-corrected chi connectivity index (χ0v) is 11.0. The second-order valence-corrected chi connectivity index (χ2v) is 4.25. The Balaban J connectivity index is -0.000000309. The molecule has 0 fully saturated rings. The third-order valence-electron chi connectivity index (χ3n) is 0.945. The standard InChI is InChI=1S/C8H9O.C2H6.CH4.W/c1-4-6-8(5-2)7(3)9;1-2;;/h2,5-6H,1,3H3;1-2H3;1H4;/q-1;;;. The number of allylic oxidation sites excluding steroid dienone is 3. The molecule has 0 amide bonds.